The van der Waals surface area contributed by atoms with Crippen LogP contribution >= 0.6 is 11.8 Å². The van der Waals surface area contributed by atoms with Crippen LogP contribution in [0.5, 0.6) is 11.5 Å². The van der Waals surface area contributed by atoms with Crippen molar-refractivity contribution in [1.29, 1.82) is 0 Å². The molecule has 0 amide bonds. The number of nitrogens with zero attached hydrogens (tertiary/aromatic N) is 1. The Kier molecular flexibility index (Phi) is 5.01. The van der Waals surface area contributed by atoms with Crippen LogP contribution in [0.15, 0.2) is 59.6 Å². The van der Waals surface area contributed by atoms with E-state index < -0.39 is 12.0 Å². The average molecular weight is 384 g/mol. The fourth-order valence-electron chi connectivity index (χ4n) is 2.32. The molecule has 0 bridgehead atoms. The molecule has 1 N–H and O–H groups in total. The van der Waals surface area contributed by atoms with Gasteiger partial charge in [0.15, 0.2) is 0 Å². The Morgan fingerprint density at radius 2 is 1.81 bits per heavy atom. The predicted molar refractivity (Wildman–Crippen MR) is 89.4 cm³/mol. The van der Waals surface area contributed by atoms with Crippen LogP contribution in [0.25, 0.3) is 0 Å². The van der Waals surface area contributed by atoms with Gasteiger partial charge in [0, 0.05) is 6.08 Å². The van der Waals surface area contributed by atoms with E-state index in [1.807, 2.05) is 12.3 Å². The van der Waals surface area contributed by atoms with E-state index in [9.17, 15) is 13.2 Å². The summed E-state index contributed by atoms with van der Waals surface area (Å²) in [6.07, 6.45) is 0.480. The predicted octanol–water partition coefficient (Wildman–Crippen LogP) is 4.37. The summed E-state index contributed by atoms with van der Waals surface area (Å²) in [7, 11) is 0. The first-order valence-electron chi connectivity index (χ1n) is 7.48. The summed E-state index contributed by atoms with van der Waals surface area (Å²) in [4.78, 5) is 9.75. The third kappa shape index (κ3) is 4.41. The number of aromatic nitrogens is 1. The summed E-state index contributed by atoms with van der Waals surface area (Å²) >= 11 is 1.52. The van der Waals surface area contributed by atoms with E-state index in [0.29, 0.717) is 17.2 Å². The molecule has 1 aliphatic rings. The summed E-state index contributed by atoms with van der Waals surface area (Å²) in [5.41, 5.74) is 2.40. The third-order valence-electron chi connectivity index (χ3n) is 3.58. The van der Waals surface area contributed by atoms with E-state index in [1.165, 1.54) is 36.0 Å². The summed E-state index contributed by atoms with van der Waals surface area (Å²) < 4.78 is 46.2. The second-order valence-electron chi connectivity index (χ2n) is 5.53. The molecule has 0 saturated heterocycles. The van der Waals surface area contributed by atoms with E-state index in [2.05, 4.69) is 15.2 Å². The first-order valence-corrected chi connectivity index (χ1v) is 8.71. The molecular formula is C17H15F3N2O3S. The number of hydrogen-bond donors (Lipinski definition) is 1. The highest BCUT2D eigenvalue weighted by molar-refractivity contribution is 7.98. The number of ether oxygens (including phenoxy) is 2. The Labute approximate surface area is 152 Å². The average Bonchev–Trinajstić information content (AvgIpc) is 2.97. The summed E-state index contributed by atoms with van der Waals surface area (Å²) in [5.74, 6) is 0.598. The number of nitrogens with one attached hydrogen (secondary N) is 1. The maximum atomic E-state index is 12.2. The van der Waals surface area contributed by atoms with Gasteiger partial charge in [-0.2, -0.15) is 0 Å². The van der Waals surface area contributed by atoms with Gasteiger partial charge < -0.3 is 9.47 Å². The molecule has 9 heteroatoms. The summed E-state index contributed by atoms with van der Waals surface area (Å²) in [6, 6.07) is 9.06. The molecular weight excluding hydrogens is 369 g/mol. The van der Waals surface area contributed by atoms with Crippen LogP contribution in [0, 0.1) is 0 Å². The SMILES string of the molecule is CSc1ccc(OC2=CC(C)(c3ccc(OC(F)(F)F)cc3)ON2)cn1. The molecule has 0 aliphatic carbocycles. The van der Waals surface area contributed by atoms with Crippen molar-refractivity contribution >= 4 is 11.8 Å². The molecule has 5 nitrogen and oxygen atoms in total. The molecule has 0 radical (unpaired) electrons. The maximum Gasteiger partial charge on any atom is 0.573 e. The Hall–Kier alpha value is -2.39. The Bertz CT molecular complexity index is 794. The minimum Gasteiger partial charge on any atom is -0.438 e. The minimum absolute atomic E-state index is 0.295. The van der Waals surface area contributed by atoms with Crippen molar-refractivity contribution in [2.75, 3.05) is 6.26 Å². The smallest absolute Gasteiger partial charge is 0.438 e. The largest absolute Gasteiger partial charge is 0.573 e. The summed E-state index contributed by atoms with van der Waals surface area (Å²) in [6.45, 7) is 1.76. The fourth-order valence-corrected chi connectivity index (χ4v) is 2.68. The van der Waals surface area contributed by atoms with Gasteiger partial charge in [0.2, 0.25) is 5.88 Å². The number of hydrogen-bond acceptors (Lipinski definition) is 6. The molecule has 138 valence electrons. The molecule has 2 heterocycles. The van der Waals surface area contributed by atoms with Gasteiger partial charge >= 0.3 is 6.36 Å². The molecule has 1 atom stereocenters. The second kappa shape index (κ2) is 7.08. The fraction of sp³-hybridized carbons (Fsp3) is 0.235. The zero-order valence-corrected chi connectivity index (χ0v) is 14.6. The highest BCUT2D eigenvalue weighted by Crippen LogP contribution is 2.33. The van der Waals surface area contributed by atoms with Gasteiger partial charge in [-0.3, -0.25) is 4.84 Å². The van der Waals surface area contributed by atoms with Gasteiger partial charge in [0.05, 0.1) is 11.2 Å². The van der Waals surface area contributed by atoms with Gasteiger partial charge in [-0.25, -0.2) is 10.5 Å². The highest BCUT2D eigenvalue weighted by Gasteiger charge is 2.34. The number of rotatable bonds is 5. The van der Waals surface area contributed by atoms with Crippen LogP contribution in [-0.2, 0) is 10.4 Å². The number of hydroxylamine groups is 1. The molecule has 1 aromatic carbocycles. The lowest BCUT2D eigenvalue weighted by Crippen LogP contribution is -2.23. The van der Waals surface area contributed by atoms with E-state index in [-0.39, 0.29) is 5.75 Å². The standard InChI is InChI=1S/C17H15F3N2O3S/c1-16(11-3-5-12(6-4-11)24-17(18,19)20)9-14(22-25-16)23-13-7-8-15(26-2)21-10-13/h3-10,22H,1-2H3. The topological polar surface area (TPSA) is 52.6 Å². The van der Waals surface area contributed by atoms with Crippen molar-refractivity contribution in [3.63, 3.8) is 0 Å². The Morgan fingerprint density at radius 1 is 1.12 bits per heavy atom. The number of alkyl halides is 3. The molecule has 26 heavy (non-hydrogen) atoms. The van der Waals surface area contributed by atoms with E-state index in [1.54, 1.807) is 25.3 Å². The van der Waals surface area contributed by atoms with Gasteiger partial charge in [0.1, 0.15) is 17.1 Å². The zero-order valence-electron chi connectivity index (χ0n) is 13.8. The van der Waals surface area contributed by atoms with Crippen LogP contribution in [-0.4, -0.2) is 17.6 Å². The van der Waals surface area contributed by atoms with Crippen molar-refractivity contribution < 1.29 is 27.5 Å². The maximum absolute atomic E-state index is 12.2. The van der Waals surface area contributed by atoms with E-state index in [4.69, 9.17) is 9.57 Å². The molecule has 1 aliphatic heterocycles. The number of pyridine rings is 1. The molecule has 0 saturated carbocycles. The van der Waals surface area contributed by atoms with E-state index >= 15 is 0 Å². The van der Waals surface area contributed by atoms with Crippen LogP contribution in [0.4, 0.5) is 13.2 Å². The van der Waals surface area contributed by atoms with Crippen molar-refractivity contribution in [2.24, 2.45) is 0 Å². The second-order valence-corrected chi connectivity index (χ2v) is 6.36. The van der Waals surface area contributed by atoms with Crippen molar-refractivity contribution in [2.45, 2.75) is 23.9 Å². The van der Waals surface area contributed by atoms with Gasteiger partial charge in [0.25, 0.3) is 0 Å². The van der Waals surface area contributed by atoms with Crippen LogP contribution in [0.1, 0.15) is 12.5 Å². The third-order valence-corrected chi connectivity index (χ3v) is 4.24. The van der Waals surface area contributed by atoms with Crippen molar-refractivity contribution in [3.8, 4) is 11.5 Å². The first kappa shape index (κ1) is 18.4. The zero-order chi connectivity index (χ0) is 18.8. The lowest BCUT2D eigenvalue weighted by atomic mass is 9.96. The van der Waals surface area contributed by atoms with Gasteiger partial charge in [-0.1, -0.05) is 12.1 Å². The van der Waals surface area contributed by atoms with Crippen molar-refractivity contribution in [3.05, 3.63) is 60.1 Å². The Balaban J connectivity index is 1.71. The molecule has 0 fully saturated rings. The quantitative estimate of drug-likeness (QED) is 0.773. The lowest BCUT2D eigenvalue weighted by molar-refractivity contribution is -0.274. The van der Waals surface area contributed by atoms with Crippen LogP contribution in [0.2, 0.25) is 0 Å². The molecule has 3 rings (SSSR count). The number of benzene rings is 1. The monoisotopic (exact) mass is 384 g/mol. The van der Waals surface area contributed by atoms with Crippen LogP contribution in [0.3, 0.4) is 0 Å². The molecule has 1 unspecified atom stereocenters. The number of halogens is 3. The molecule has 0 spiro atoms. The molecule has 2 aromatic rings. The van der Waals surface area contributed by atoms with Gasteiger partial charge in [-0.15, -0.1) is 24.9 Å². The normalized spacial score (nSPS) is 19.7. The first-order chi connectivity index (χ1) is 12.3. The minimum atomic E-state index is -4.72. The summed E-state index contributed by atoms with van der Waals surface area (Å²) in [5, 5.41) is 0.868. The van der Waals surface area contributed by atoms with Crippen molar-refractivity contribution in [1.82, 2.24) is 10.5 Å². The lowest BCUT2D eigenvalue weighted by Gasteiger charge is -2.20. The molecule has 1 aromatic heterocycles. The van der Waals surface area contributed by atoms with E-state index in [0.717, 1.165) is 5.03 Å². The Morgan fingerprint density at radius 3 is 2.38 bits per heavy atom. The highest BCUT2D eigenvalue weighted by atomic mass is 32.2. The van der Waals surface area contributed by atoms with Crippen LogP contribution < -0.4 is 15.0 Å². The number of thioether (sulfide) groups is 1. The van der Waals surface area contributed by atoms with Gasteiger partial charge in [-0.05, 0) is 43.0 Å².